The van der Waals surface area contributed by atoms with Crippen molar-refractivity contribution in [3.63, 3.8) is 0 Å². The predicted molar refractivity (Wildman–Crippen MR) is 66.2 cm³/mol. The maximum atomic E-state index is 13.6. The lowest BCUT2D eigenvalue weighted by Crippen LogP contribution is -2.27. The molecule has 1 fully saturated rings. The van der Waals surface area contributed by atoms with E-state index in [9.17, 15) is 4.39 Å². The van der Waals surface area contributed by atoms with Gasteiger partial charge in [0.05, 0.1) is 6.20 Å². The molecule has 1 saturated heterocycles. The van der Waals surface area contributed by atoms with Crippen LogP contribution >= 0.6 is 0 Å². The SMILES string of the molecule is CC(C)(C)C1CCN(c2nc(N)ncc2F)C1. The van der Waals surface area contributed by atoms with Crippen LogP contribution in [0.25, 0.3) is 0 Å². The van der Waals surface area contributed by atoms with E-state index in [-0.39, 0.29) is 11.4 Å². The van der Waals surface area contributed by atoms with E-state index in [0.29, 0.717) is 11.7 Å². The van der Waals surface area contributed by atoms with Crippen LogP contribution in [0.4, 0.5) is 16.2 Å². The van der Waals surface area contributed by atoms with Crippen LogP contribution in [0.3, 0.4) is 0 Å². The van der Waals surface area contributed by atoms with Crippen LogP contribution in [-0.2, 0) is 0 Å². The molecule has 0 radical (unpaired) electrons. The molecule has 2 rings (SSSR count). The van der Waals surface area contributed by atoms with E-state index in [1.807, 2.05) is 4.90 Å². The molecule has 5 heteroatoms. The average Bonchev–Trinajstić information content (AvgIpc) is 2.70. The minimum atomic E-state index is -0.395. The molecule has 2 N–H and O–H groups in total. The van der Waals surface area contributed by atoms with Gasteiger partial charge in [0, 0.05) is 13.1 Å². The van der Waals surface area contributed by atoms with Gasteiger partial charge in [0.2, 0.25) is 5.95 Å². The van der Waals surface area contributed by atoms with Gasteiger partial charge in [-0.05, 0) is 17.8 Å². The summed E-state index contributed by atoms with van der Waals surface area (Å²) < 4.78 is 13.6. The fraction of sp³-hybridized carbons (Fsp3) is 0.667. The molecule has 0 aliphatic carbocycles. The van der Waals surface area contributed by atoms with E-state index in [4.69, 9.17) is 5.73 Å². The molecular weight excluding hydrogens is 219 g/mol. The largest absolute Gasteiger partial charge is 0.368 e. The fourth-order valence-corrected chi connectivity index (χ4v) is 2.25. The first-order valence-electron chi connectivity index (χ1n) is 5.91. The van der Waals surface area contributed by atoms with Gasteiger partial charge in [-0.2, -0.15) is 4.98 Å². The van der Waals surface area contributed by atoms with Crippen molar-refractivity contribution in [1.82, 2.24) is 9.97 Å². The molecule has 4 nitrogen and oxygen atoms in total. The van der Waals surface area contributed by atoms with Gasteiger partial charge in [0.25, 0.3) is 0 Å². The lowest BCUT2D eigenvalue weighted by molar-refractivity contribution is 0.263. The van der Waals surface area contributed by atoms with E-state index in [1.165, 1.54) is 0 Å². The summed E-state index contributed by atoms with van der Waals surface area (Å²) in [4.78, 5) is 9.59. The molecule has 1 atom stereocenters. The summed E-state index contributed by atoms with van der Waals surface area (Å²) in [6.07, 6.45) is 2.20. The highest BCUT2D eigenvalue weighted by molar-refractivity contribution is 5.43. The Bertz CT molecular complexity index is 413. The number of halogens is 1. The summed E-state index contributed by atoms with van der Waals surface area (Å²) in [7, 11) is 0. The lowest BCUT2D eigenvalue weighted by Gasteiger charge is -2.27. The number of hydrogen-bond donors (Lipinski definition) is 1. The summed E-state index contributed by atoms with van der Waals surface area (Å²) in [5, 5.41) is 0. The summed E-state index contributed by atoms with van der Waals surface area (Å²) in [6.45, 7) is 8.30. The summed E-state index contributed by atoms with van der Waals surface area (Å²) in [5.74, 6) is 0.622. The zero-order valence-electron chi connectivity index (χ0n) is 10.6. The van der Waals surface area contributed by atoms with E-state index in [0.717, 1.165) is 25.7 Å². The van der Waals surface area contributed by atoms with Crippen molar-refractivity contribution in [2.45, 2.75) is 27.2 Å². The minimum absolute atomic E-state index is 0.126. The van der Waals surface area contributed by atoms with Gasteiger partial charge >= 0.3 is 0 Å². The van der Waals surface area contributed by atoms with Crippen LogP contribution in [0.15, 0.2) is 6.20 Å². The average molecular weight is 238 g/mol. The Labute approximate surface area is 101 Å². The van der Waals surface area contributed by atoms with Crippen molar-refractivity contribution in [3.8, 4) is 0 Å². The fourth-order valence-electron chi connectivity index (χ4n) is 2.25. The van der Waals surface area contributed by atoms with Crippen LogP contribution in [0.2, 0.25) is 0 Å². The second kappa shape index (κ2) is 4.13. The van der Waals surface area contributed by atoms with Crippen LogP contribution in [0.1, 0.15) is 27.2 Å². The van der Waals surface area contributed by atoms with E-state index < -0.39 is 5.82 Å². The van der Waals surface area contributed by atoms with Gasteiger partial charge in [-0.25, -0.2) is 9.37 Å². The molecule has 94 valence electrons. The zero-order chi connectivity index (χ0) is 12.6. The molecule has 2 heterocycles. The van der Waals surface area contributed by atoms with Gasteiger partial charge in [0.15, 0.2) is 11.6 Å². The second-order valence-corrected chi connectivity index (χ2v) is 5.70. The van der Waals surface area contributed by atoms with Crippen LogP contribution in [0.5, 0.6) is 0 Å². The van der Waals surface area contributed by atoms with Crippen LogP contribution in [-0.4, -0.2) is 23.1 Å². The maximum Gasteiger partial charge on any atom is 0.222 e. The van der Waals surface area contributed by atoms with Crippen molar-refractivity contribution < 1.29 is 4.39 Å². The predicted octanol–water partition coefficient (Wildman–Crippen LogP) is 2.07. The molecule has 17 heavy (non-hydrogen) atoms. The molecular formula is C12H19FN4. The van der Waals surface area contributed by atoms with E-state index in [1.54, 1.807) is 0 Å². The van der Waals surface area contributed by atoms with Gasteiger partial charge in [-0.3, -0.25) is 0 Å². The topological polar surface area (TPSA) is 55.0 Å². The smallest absolute Gasteiger partial charge is 0.222 e. The van der Waals surface area contributed by atoms with Crippen molar-refractivity contribution in [2.24, 2.45) is 11.3 Å². The first-order chi connectivity index (χ1) is 7.88. The Morgan fingerprint density at radius 3 is 2.76 bits per heavy atom. The Hall–Kier alpha value is -1.39. The van der Waals surface area contributed by atoms with Gasteiger partial charge < -0.3 is 10.6 Å². The number of nitrogens with zero attached hydrogens (tertiary/aromatic N) is 3. The number of hydrogen-bond acceptors (Lipinski definition) is 4. The number of aromatic nitrogens is 2. The molecule has 0 spiro atoms. The Morgan fingerprint density at radius 1 is 1.47 bits per heavy atom. The van der Waals surface area contributed by atoms with Crippen molar-refractivity contribution >= 4 is 11.8 Å². The summed E-state index contributed by atoms with van der Waals surface area (Å²) >= 11 is 0. The molecule has 1 aromatic rings. The van der Waals surface area contributed by atoms with E-state index in [2.05, 4.69) is 30.7 Å². The first-order valence-corrected chi connectivity index (χ1v) is 5.91. The standard InChI is InChI=1S/C12H19FN4/c1-12(2,3)8-4-5-17(7-8)10-9(13)6-15-11(14)16-10/h6,8H,4-5,7H2,1-3H3,(H2,14,15,16). The number of anilines is 2. The molecule has 1 aliphatic rings. The lowest BCUT2D eigenvalue weighted by atomic mass is 9.80. The molecule has 0 bridgehead atoms. The molecule has 1 aromatic heterocycles. The Balaban J connectivity index is 2.18. The minimum Gasteiger partial charge on any atom is -0.368 e. The second-order valence-electron chi connectivity index (χ2n) is 5.70. The quantitative estimate of drug-likeness (QED) is 0.813. The third-order valence-electron chi connectivity index (χ3n) is 3.46. The zero-order valence-corrected chi connectivity index (χ0v) is 10.6. The van der Waals surface area contributed by atoms with Crippen molar-refractivity contribution in [1.29, 1.82) is 0 Å². The van der Waals surface area contributed by atoms with Gasteiger partial charge in [-0.1, -0.05) is 20.8 Å². The number of nitrogen functional groups attached to an aromatic ring is 1. The molecule has 1 aliphatic heterocycles. The molecule has 0 aromatic carbocycles. The van der Waals surface area contributed by atoms with Gasteiger partial charge in [-0.15, -0.1) is 0 Å². The first kappa shape index (κ1) is 12.1. The Kier molecular flexibility index (Phi) is 2.93. The van der Waals surface area contributed by atoms with Crippen molar-refractivity contribution in [3.05, 3.63) is 12.0 Å². The molecule has 1 unspecified atom stereocenters. The van der Waals surface area contributed by atoms with E-state index >= 15 is 0 Å². The molecule has 0 saturated carbocycles. The normalized spacial score (nSPS) is 20.9. The third kappa shape index (κ3) is 2.48. The third-order valence-corrected chi connectivity index (χ3v) is 3.46. The molecule has 0 amide bonds. The van der Waals surface area contributed by atoms with Crippen molar-refractivity contribution in [2.75, 3.05) is 23.7 Å². The van der Waals surface area contributed by atoms with Crippen LogP contribution in [0, 0.1) is 17.2 Å². The number of rotatable bonds is 1. The van der Waals surface area contributed by atoms with Gasteiger partial charge in [0.1, 0.15) is 0 Å². The summed E-state index contributed by atoms with van der Waals surface area (Å²) in [5.41, 5.74) is 5.74. The van der Waals surface area contributed by atoms with Crippen LogP contribution < -0.4 is 10.6 Å². The highest BCUT2D eigenvalue weighted by atomic mass is 19.1. The number of nitrogens with two attached hydrogens (primary N) is 1. The Morgan fingerprint density at radius 2 is 2.18 bits per heavy atom. The highest BCUT2D eigenvalue weighted by Gasteiger charge is 2.33. The maximum absolute atomic E-state index is 13.6. The summed E-state index contributed by atoms with van der Waals surface area (Å²) in [6, 6.07) is 0. The monoisotopic (exact) mass is 238 g/mol. The highest BCUT2D eigenvalue weighted by Crippen LogP contribution is 2.35.